The van der Waals surface area contributed by atoms with Crippen molar-refractivity contribution >= 4 is 0 Å². The molecule has 0 aromatic rings. The van der Waals surface area contributed by atoms with E-state index in [0.29, 0.717) is 12.3 Å². The average molecular weight is 186 g/mol. The monoisotopic (exact) mass is 186 g/mol. The van der Waals surface area contributed by atoms with Crippen LogP contribution in [0, 0.1) is 5.92 Å². The van der Waals surface area contributed by atoms with E-state index in [1.807, 2.05) is 0 Å². The van der Waals surface area contributed by atoms with Gasteiger partial charge in [-0.15, -0.1) is 0 Å². The first-order valence-corrected chi connectivity index (χ1v) is 4.99. The van der Waals surface area contributed by atoms with Crippen LogP contribution in [-0.4, -0.2) is 34.1 Å². The molecule has 2 rings (SSSR count). The highest BCUT2D eigenvalue weighted by Gasteiger charge is 2.53. The SMILES string of the molecule is CC1(C)OC2CC1CCC2(O)CO. The van der Waals surface area contributed by atoms with Gasteiger partial charge in [-0.2, -0.15) is 0 Å². The van der Waals surface area contributed by atoms with Crippen molar-refractivity contribution in [3.63, 3.8) is 0 Å². The predicted molar refractivity (Wildman–Crippen MR) is 48.3 cm³/mol. The van der Waals surface area contributed by atoms with Crippen LogP contribution in [0.5, 0.6) is 0 Å². The van der Waals surface area contributed by atoms with E-state index in [0.717, 1.165) is 12.8 Å². The van der Waals surface area contributed by atoms with Crippen molar-refractivity contribution in [2.45, 2.75) is 50.4 Å². The maximum Gasteiger partial charge on any atom is 0.114 e. The minimum absolute atomic E-state index is 0.121. The molecule has 3 heteroatoms. The number of fused-ring (bicyclic) bond motifs is 2. The topological polar surface area (TPSA) is 49.7 Å². The number of aliphatic hydroxyl groups is 2. The van der Waals surface area contributed by atoms with E-state index in [1.165, 1.54) is 0 Å². The molecule has 13 heavy (non-hydrogen) atoms. The normalized spacial score (nSPS) is 48.0. The maximum atomic E-state index is 10.0. The highest BCUT2D eigenvalue weighted by atomic mass is 16.5. The Bertz CT molecular complexity index is 214. The van der Waals surface area contributed by atoms with Crippen molar-refractivity contribution in [1.29, 1.82) is 0 Å². The molecule has 2 fully saturated rings. The van der Waals surface area contributed by atoms with E-state index < -0.39 is 5.60 Å². The Balaban J connectivity index is 2.19. The molecule has 3 unspecified atom stereocenters. The van der Waals surface area contributed by atoms with Crippen LogP contribution in [0.3, 0.4) is 0 Å². The fraction of sp³-hybridized carbons (Fsp3) is 1.00. The number of aliphatic hydroxyl groups excluding tert-OH is 1. The molecule has 0 amide bonds. The third-order valence-electron chi connectivity index (χ3n) is 3.73. The molecule has 0 spiro atoms. The number of ether oxygens (including phenoxy) is 1. The van der Waals surface area contributed by atoms with Crippen LogP contribution in [-0.2, 0) is 4.74 Å². The summed E-state index contributed by atoms with van der Waals surface area (Å²) in [4.78, 5) is 0. The van der Waals surface area contributed by atoms with Gasteiger partial charge in [-0.05, 0) is 39.0 Å². The van der Waals surface area contributed by atoms with E-state index in [4.69, 9.17) is 9.84 Å². The molecule has 1 aliphatic heterocycles. The van der Waals surface area contributed by atoms with Crippen molar-refractivity contribution < 1.29 is 14.9 Å². The van der Waals surface area contributed by atoms with Crippen LogP contribution in [0.15, 0.2) is 0 Å². The van der Waals surface area contributed by atoms with Crippen LogP contribution in [0.25, 0.3) is 0 Å². The fourth-order valence-corrected chi connectivity index (χ4v) is 2.61. The van der Waals surface area contributed by atoms with Gasteiger partial charge in [-0.1, -0.05) is 0 Å². The van der Waals surface area contributed by atoms with Crippen molar-refractivity contribution in [3.8, 4) is 0 Å². The van der Waals surface area contributed by atoms with Crippen LogP contribution in [0.1, 0.15) is 33.1 Å². The Hall–Kier alpha value is -0.120. The average Bonchev–Trinajstić information content (AvgIpc) is 2.33. The highest BCUT2D eigenvalue weighted by molar-refractivity contribution is 5.03. The minimum atomic E-state index is -0.982. The van der Waals surface area contributed by atoms with Crippen LogP contribution in [0.4, 0.5) is 0 Å². The quantitative estimate of drug-likeness (QED) is 0.633. The predicted octanol–water partition coefficient (Wildman–Crippen LogP) is 0.687. The first-order valence-electron chi connectivity index (χ1n) is 4.99. The Morgan fingerprint density at radius 1 is 1.46 bits per heavy atom. The molecule has 3 nitrogen and oxygen atoms in total. The van der Waals surface area contributed by atoms with Crippen molar-refractivity contribution in [3.05, 3.63) is 0 Å². The zero-order valence-corrected chi connectivity index (χ0v) is 8.29. The van der Waals surface area contributed by atoms with E-state index in [1.54, 1.807) is 0 Å². The Kier molecular flexibility index (Phi) is 1.95. The molecule has 2 bridgehead atoms. The first-order chi connectivity index (χ1) is 5.98. The third-order valence-corrected chi connectivity index (χ3v) is 3.73. The molecular formula is C10H18O3. The zero-order chi connectivity index (χ0) is 9.69. The summed E-state index contributed by atoms with van der Waals surface area (Å²) in [7, 11) is 0. The summed E-state index contributed by atoms with van der Waals surface area (Å²) in [6.07, 6.45) is 2.36. The molecule has 2 N–H and O–H groups in total. The van der Waals surface area contributed by atoms with Crippen molar-refractivity contribution in [1.82, 2.24) is 0 Å². The molecule has 0 aromatic heterocycles. The van der Waals surface area contributed by atoms with E-state index in [-0.39, 0.29) is 18.3 Å². The molecular weight excluding hydrogens is 168 g/mol. The minimum Gasteiger partial charge on any atom is -0.393 e. The molecule has 2 aliphatic rings. The summed E-state index contributed by atoms with van der Waals surface area (Å²) in [6.45, 7) is 3.96. The van der Waals surface area contributed by atoms with E-state index in [9.17, 15) is 5.11 Å². The lowest BCUT2D eigenvalue weighted by Gasteiger charge is -2.34. The Morgan fingerprint density at radius 3 is 2.77 bits per heavy atom. The molecule has 76 valence electrons. The van der Waals surface area contributed by atoms with Crippen molar-refractivity contribution in [2.24, 2.45) is 5.92 Å². The maximum absolute atomic E-state index is 10.0. The molecule has 0 aromatic carbocycles. The van der Waals surface area contributed by atoms with Gasteiger partial charge in [0.1, 0.15) is 5.60 Å². The van der Waals surface area contributed by atoms with Gasteiger partial charge in [0.05, 0.1) is 18.3 Å². The molecule has 0 radical (unpaired) electrons. The lowest BCUT2D eigenvalue weighted by molar-refractivity contribution is -0.141. The van der Waals surface area contributed by atoms with Crippen LogP contribution >= 0.6 is 0 Å². The van der Waals surface area contributed by atoms with Gasteiger partial charge in [0.2, 0.25) is 0 Å². The molecule has 1 heterocycles. The van der Waals surface area contributed by atoms with Gasteiger partial charge in [-0.25, -0.2) is 0 Å². The van der Waals surface area contributed by atoms with Gasteiger partial charge in [0.25, 0.3) is 0 Å². The summed E-state index contributed by atoms with van der Waals surface area (Å²) in [5.41, 5.74) is -1.10. The lowest BCUT2D eigenvalue weighted by atomic mass is 9.75. The lowest BCUT2D eigenvalue weighted by Crippen LogP contribution is -2.47. The third kappa shape index (κ3) is 1.30. The number of rotatable bonds is 1. The van der Waals surface area contributed by atoms with E-state index >= 15 is 0 Å². The summed E-state index contributed by atoms with van der Waals surface area (Å²) in [5.74, 6) is 0.546. The molecule has 1 aliphatic carbocycles. The standard InChI is InChI=1S/C10H18O3/c1-9(2)7-3-4-10(12,6-11)8(5-7)13-9/h7-8,11-12H,3-6H2,1-2H3. The fourth-order valence-electron chi connectivity index (χ4n) is 2.61. The Labute approximate surface area is 78.7 Å². The van der Waals surface area contributed by atoms with Crippen molar-refractivity contribution in [2.75, 3.05) is 6.61 Å². The van der Waals surface area contributed by atoms with Gasteiger partial charge in [0, 0.05) is 0 Å². The molecule has 1 saturated heterocycles. The van der Waals surface area contributed by atoms with Crippen LogP contribution in [0.2, 0.25) is 0 Å². The number of hydrogen-bond donors (Lipinski definition) is 2. The second-order valence-corrected chi connectivity index (χ2v) is 4.94. The second-order valence-electron chi connectivity index (χ2n) is 4.94. The molecule has 1 saturated carbocycles. The van der Waals surface area contributed by atoms with Gasteiger partial charge >= 0.3 is 0 Å². The van der Waals surface area contributed by atoms with Gasteiger partial charge in [-0.3, -0.25) is 0 Å². The number of hydrogen-bond acceptors (Lipinski definition) is 3. The van der Waals surface area contributed by atoms with Crippen LogP contribution < -0.4 is 0 Å². The smallest absolute Gasteiger partial charge is 0.114 e. The largest absolute Gasteiger partial charge is 0.393 e. The summed E-state index contributed by atoms with van der Waals surface area (Å²) < 4.78 is 5.77. The summed E-state index contributed by atoms with van der Waals surface area (Å²) >= 11 is 0. The first kappa shape index (κ1) is 9.44. The highest BCUT2D eigenvalue weighted by Crippen LogP contribution is 2.48. The Morgan fingerprint density at radius 2 is 2.15 bits per heavy atom. The second kappa shape index (κ2) is 2.69. The summed E-state index contributed by atoms with van der Waals surface area (Å²) in [6, 6.07) is 0. The summed E-state index contributed by atoms with van der Waals surface area (Å²) in [5, 5.41) is 19.1. The van der Waals surface area contributed by atoms with Gasteiger partial charge in [0.15, 0.2) is 0 Å². The van der Waals surface area contributed by atoms with E-state index in [2.05, 4.69) is 13.8 Å². The van der Waals surface area contributed by atoms with Gasteiger partial charge < -0.3 is 14.9 Å². The molecule has 3 atom stereocenters. The zero-order valence-electron chi connectivity index (χ0n) is 8.29.